The van der Waals surface area contributed by atoms with Crippen LogP contribution >= 0.6 is 0 Å². The van der Waals surface area contributed by atoms with Crippen LogP contribution in [0.3, 0.4) is 0 Å². The van der Waals surface area contributed by atoms with Crippen molar-refractivity contribution in [3.63, 3.8) is 0 Å². The third-order valence-corrected chi connectivity index (χ3v) is 10.5. The number of benzene rings is 8. The van der Waals surface area contributed by atoms with Crippen molar-refractivity contribution >= 4 is 21.7 Å². The van der Waals surface area contributed by atoms with Crippen LogP contribution < -0.4 is 0 Å². The lowest BCUT2D eigenvalue weighted by Gasteiger charge is -2.16. The monoisotopic (exact) mass is 713 g/mol. The quantitative estimate of drug-likeness (QED) is 0.154. The van der Waals surface area contributed by atoms with Gasteiger partial charge in [0.15, 0.2) is 5.82 Å². The molecule has 3 heteroatoms. The molecule has 10 rings (SSSR count). The fraction of sp³-hybridized carbons (Fsp3) is 0. The molecular formula is C53H35N3. The van der Waals surface area contributed by atoms with E-state index < -0.39 is 0 Å². The smallest absolute Gasteiger partial charge is 0.160 e. The van der Waals surface area contributed by atoms with Crippen molar-refractivity contribution < 1.29 is 0 Å². The molecule has 0 saturated carbocycles. The fourth-order valence-electron chi connectivity index (χ4n) is 7.71. The van der Waals surface area contributed by atoms with Crippen LogP contribution in [0.5, 0.6) is 0 Å². The minimum Gasteiger partial charge on any atom is -0.248 e. The number of hydrogen-bond acceptors (Lipinski definition) is 3. The fourth-order valence-corrected chi connectivity index (χ4v) is 7.71. The van der Waals surface area contributed by atoms with Crippen LogP contribution in [0.15, 0.2) is 212 Å². The summed E-state index contributed by atoms with van der Waals surface area (Å²) >= 11 is 0. The molecule has 0 aliphatic rings. The number of rotatable bonds is 7. The molecule has 0 saturated heterocycles. The van der Waals surface area contributed by atoms with Crippen molar-refractivity contribution in [1.82, 2.24) is 15.0 Å². The molecule has 10 aromatic rings. The van der Waals surface area contributed by atoms with E-state index in [1.807, 2.05) is 18.2 Å². The molecule has 2 heterocycles. The van der Waals surface area contributed by atoms with Crippen molar-refractivity contribution in [2.45, 2.75) is 0 Å². The van der Waals surface area contributed by atoms with Gasteiger partial charge < -0.3 is 0 Å². The van der Waals surface area contributed by atoms with Gasteiger partial charge in [-0.15, -0.1) is 0 Å². The predicted octanol–water partition coefficient (Wildman–Crippen LogP) is 13.8. The predicted molar refractivity (Wildman–Crippen MR) is 233 cm³/mol. The Labute approximate surface area is 326 Å². The van der Waals surface area contributed by atoms with E-state index in [1.165, 1.54) is 27.5 Å². The van der Waals surface area contributed by atoms with Gasteiger partial charge in [-0.2, -0.15) is 0 Å². The van der Waals surface area contributed by atoms with E-state index in [2.05, 4.69) is 194 Å². The van der Waals surface area contributed by atoms with Gasteiger partial charge in [0.25, 0.3) is 0 Å². The zero-order valence-electron chi connectivity index (χ0n) is 30.5. The lowest BCUT2D eigenvalue weighted by molar-refractivity contribution is 1.18. The average Bonchev–Trinajstić information content (AvgIpc) is 3.29. The summed E-state index contributed by atoms with van der Waals surface area (Å²) in [5.74, 6) is 0.683. The summed E-state index contributed by atoms with van der Waals surface area (Å²) in [6, 6.07) is 74.4. The van der Waals surface area contributed by atoms with Crippen molar-refractivity contribution in [2.75, 3.05) is 0 Å². The molecule has 0 radical (unpaired) electrons. The number of hydrogen-bond donors (Lipinski definition) is 0. The molecule has 8 aromatic carbocycles. The number of fused-ring (bicyclic) bond motifs is 3. The summed E-state index contributed by atoms with van der Waals surface area (Å²) in [4.78, 5) is 15.6. The van der Waals surface area contributed by atoms with Crippen molar-refractivity contribution in [3.05, 3.63) is 212 Å². The summed E-state index contributed by atoms with van der Waals surface area (Å²) in [6.07, 6.45) is 0. The lowest BCUT2D eigenvalue weighted by Crippen LogP contribution is -1.96. The highest BCUT2D eigenvalue weighted by atomic mass is 14.9. The van der Waals surface area contributed by atoms with Gasteiger partial charge in [-0.1, -0.05) is 188 Å². The van der Waals surface area contributed by atoms with E-state index in [-0.39, 0.29) is 0 Å². The van der Waals surface area contributed by atoms with Gasteiger partial charge in [0, 0.05) is 27.6 Å². The highest BCUT2D eigenvalue weighted by molar-refractivity contribution is 6.18. The van der Waals surface area contributed by atoms with Gasteiger partial charge in [0.05, 0.1) is 22.6 Å². The van der Waals surface area contributed by atoms with Gasteiger partial charge in [-0.05, 0) is 68.4 Å². The van der Waals surface area contributed by atoms with Gasteiger partial charge in [-0.25, -0.2) is 15.0 Å². The molecule has 56 heavy (non-hydrogen) atoms. The molecule has 0 unspecified atom stereocenters. The summed E-state index contributed by atoms with van der Waals surface area (Å²) in [7, 11) is 0. The molecule has 0 aliphatic heterocycles. The van der Waals surface area contributed by atoms with Gasteiger partial charge in [0.2, 0.25) is 0 Å². The molecule has 0 atom stereocenters. The van der Waals surface area contributed by atoms with E-state index in [9.17, 15) is 0 Å². The molecule has 0 spiro atoms. The Morgan fingerprint density at radius 3 is 1.36 bits per heavy atom. The topological polar surface area (TPSA) is 38.7 Å². The third kappa shape index (κ3) is 6.31. The molecule has 0 fully saturated rings. The summed E-state index contributed by atoms with van der Waals surface area (Å²) < 4.78 is 0. The van der Waals surface area contributed by atoms with Crippen molar-refractivity contribution in [3.8, 4) is 78.5 Å². The molecule has 2 aromatic heterocycles. The van der Waals surface area contributed by atoms with Crippen molar-refractivity contribution in [2.24, 2.45) is 0 Å². The van der Waals surface area contributed by atoms with Crippen LogP contribution in [0.25, 0.3) is 100 Å². The zero-order valence-corrected chi connectivity index (χ0v) is 30.5. The summed E-state index contributed by atoms with van der Waals surface area (Å²) in [5, 5.41) is 3.51. The molecular weight excluding hydrogens is 679 g/mol. The Hall–Kier alpha value is -7.49. The Bertz CT molecular complexity index is 2980. The van der Waals surface area contributed by atoms with Crippen LogP contribution in [-0.2, 0) is 0 Å². The maximum Gasteiger partial charge on any atom is 0.160 e. The Morgan fingerprint density at radius 2 is 0.714 bits per heavy atom. The van der Waals surface area contributed by atoms with Gasteiger partial charge in [0.1, 0.15) is 0 Å². The minimum absolute atomic E-state index is 0.683. The normalized spacial score (nSPS) is 11.2. The summed E-state index contributed by atoms with van der Waals surface area (Å²) in [5.41, 5.74) is 14.7. The first-order chi connectivity index (χ1) is 27.7. The number of nitrogens with zero attached hydrogens (tertiary/aromatic N) is 3. The molecule has 0 aliphatic carbocycles. The average molecular weight is 714 g/mol. The van der Waals surface area contributed by atoms with Crippen LogP contribution in [0.4, 0.5) is 0 Å². The molecule has 0 amide bonds. The maximum atomic E-state index is 5.32. The van der Waals surface area contributed by atoms with Crippen LogP contribution in [0.1, 0.15) is 0 Å². The van der Waals surface area contributed by atoms with E-state index >= 15 is 0 Å². The standard InChI is InChI=1S/C53H35N3/c1-5-16-36(17-6-1)42-24-15-25-43(32-42)50-35-49(40-22-11-4-12-23-40)55-53(56-50)41-30-28-38(29-31-41)46-33-51-52(45-27-14-13-26-44(45)46)47(37-18-7-2-8-19-37)34-48(54-51)39-20-9-3-10-21-39/h1-35H. The molecule has 262 valence electrons. The maximum absolute atomic E-state index is 5.32. The summed E-state index contributed by atoms with van der Waals surface area (Å²) in [6.45, 7) is 0. The molecule has 3 nitrogen and oxygen atoms in total. The Kier molecular flexibility index (Phi) is 8.51. The molecule has 0 bridgehead atoms. The molecule has 0 N–H and O–H groups in total. The first-order valence-electron chi connectivity index (χ1n) is 18.9. The van der Waals surface area contributed by atoms with Crippen LogP contribution in [0, 0.1) is 0 Å². The van der Waals surface area contributed by atoms with Gasteiger partial charge >= 0.3 is 0 Å². The second-order valence-corrected chi connectivity index (χ2v) is 14.0. The Morgan fingerprint density at radius 1 is 0.250 bits per heavy atom. The number of aromatic nitrogens is 3. The largest absolute Gasteiger partial charge is 0.248 e. The van der Waals surface area contributed by atoms with E-state index in [0.29, 0.717) is 5.82 Å². The SMILES string of the molecule is c1ccc(-c2cccc(-c3cc(-c4ccccc4)nc(-c4ccc(-c5cc6nc(-c7ccccc7)cc(-c7ccccc7)c6c6ccccc56)cc4)n3)c2)cc1. The highest BCUT2D eigenvalue weighted by Crippen LogP contribution is 2.41. The minimum atomic E-state index is 0.683. The first-order valence-corrected chi connectivity index (χ1v) is 18.9. The van der Waals surface area contributed by atoms with E-state index in [0.717, 1.165) is 66.9 Å². The van der Waals surface area contributed by atoms with E-state index in [1.54, 1.807) is 0 Å². The van der Waals surface area contributed by atoms with Gasteiger partial charge in [-0.3, -0.25) is 0 Å². The number of pyridine rings is 1. The Balaban J connectivity index is 1.11. The second-order valence-electron chi connectivity index (χ2n) is 14.0. The zero-order chi connectivity index (χ0) is 37.3. The second kappa shape index (κ2) is 14.4. The van der Waals surface area contributed by atoms with Crippen LogP contribution in [-0.4, -0.2) is 15.0 Å². The highest BCUT2D eigenvalue weighted by Gasteiger charge is 2.17. The third-order valence-electron chi connectivity index (χ3n) is 10.5. The van der Waals surface area contributed by atoms with Crippen LogP contribution in [0.2, 0.25) is 0 Å². The first kappa shape index (κ1) is 33.1. The van der Waals surface area contributed by atoms with E-state index in [4.69, 9.17) is 15.0 Å². The van der Waals surface area contributed by atoms with Crippen molar-refractivity contribution in [1.29, 1.82) is 0 Å². The lowest BCUT2D eigenvalue weighted by atomic mass is 9.90.